The van der Waals surface area contributed by atoms with Crippen LogP contribution < -0.4 is 0 Å². The summed E-state index contributed by atoms with van der Waals surface area (Å²) >= 11 is 1.86. The molecule has 12 rings (SSSR count). The number of rotatable bonds is 10. The molecule has 1 aliphatic carbocycles. The maximum atomic E-state index is 5.28. The number of allylic oxidation sites excluding steroid dienone is 8. The highest BCUT2D eigenvalue weighted by Crippen LogP contribution is 2.46. The van der Waals surface area contributed by atoms with E-state index >= 15 is 0 Å². The average molecular weight is 889 g/mol. The third-order valence-corrected chi connectivity index (χ3v) is 14.1. The van der Waals surface area contributed by atoms with Crippen LogP contribution in [0, 0.1) is 0 Å². The number of para-hydroxylation sites is 1. The monoisotopic (exact) mass is 888 g/mol. The fourth-order valence-corrected chi connectivity index (χ4v) is 10.9. The molecule has 0 bridgehead atoms. The Bertz CT molecular complexity index is 3780. The van der Waals surface area contributed by atoms with E-state index < -0.39 is 0 Å². The molecule has 1 aliphatic rings. The Labute approximate surface area is 399 Å². The molecule has 0 radical (unpaired) electrons. The van der Waals surface area contributed by atoms with Gasteiger partial charge in [0.2, 0.25) is 0 Å². The predicted molar refractivity (Wildman–Crippen MR) is 288 cm³/mol. The van der Waals surface area contributed by atoms with Crippen molar-refractivity contribution in [3.05, 3.63) is 248 Å². The first-order chi connectivity index (χ1) is 33.7. The highest BCUT2D eigenvalue weighted by Gasteiger charge is 2.24. The first-order valence-electron chi connectivity index (χ1n) is 23.1. The summed E-state index contributed by atoms with van der Waals surface area (Å²) in [4.78, 5) is 15.6. The summed E-state index contributed by atoms with van der Waals surface area (Å²) in [6.45, 7) is 4.24. The molecule has 5 heteroatoms. The molecule has 68 heavy (non-hydrogen) atoms. The fourth-order valence-electron chi connectivity index (χ4n) is 9.62. The first-order valence-corrected chi connectivity index (χ1v) is 23.9. The molecular formula is C63H44N4S. The van der Waals surface area contributed by atoms with Crippen LogP contribution in [0.2, 0.25) is 0 Å². The second kappa shape index (κ2) is 17.7. The molecule has 0 saturated heterocycles. The van der Waals surface area contributed by atoms with Crippen molar-refractivity contribution >= 4 is 59.4 Å². The summed E-state index contributed by atoms with van der Waals surface area (Å²) in [5, 5.41) is 4.94. The van der Waals surface area contributed by atoms with E-state index in [9.17, 15) is 0 Å². The van der Waals surface area contributed by atoms with E-state index in [1.807, 2.05) is 53.8 Å². The van der Waals surface area contributed by atoms with E-state index in [2.05, 4.69) is 199 Å². The molecule has 0 aliphatic heterocycles. The molecule has 0 N–H and O–H groups in total. The minimum absolute atomic E-state index is 0.593. The standard InChI is InChI=1S/C63H44N4S/c1-2-42(43-20-7-3-8-21-43)28-19-29-49-40-50(63-65-61(47-24-11-5-12-25-47)64-62(66-63)48-26-13-6-14-27-48)41-55(46-36-34-45(35-37-46)44-22-9-4-10-23-44)58(49)67-56-32-17-15-30-51(56)53-38-39-54-52-31-16-18-33-57(52)68-60(54)59(53)67/h2,4-7,9-41H,1,3,8H2/b29-19+,42-28+. The predicted octanol–water partition coefficient (Wildman–Crippen LogP) is 17.1. The van der Waals surface area contributed by atoms with Crippen LogP contribution in [0.5, 0.6) is 0 Å². The molecule has 3 aromatic heterocycles. The van der Waals surface area contributed by atoms with Gasteiger partial charge in [-0.2, -0.15) is 0 Å². The van der Waals surface area contributed by atoms with Gasteiger partial charge in [-0.1, -0.05) is 213 Å². The van der Waals surface area contributed by atoms with Gasteiger partial charge in [-0.3, -0.25) is 0 Å². The zero-order chi connectivity index (χ0) is 45.4. The molecular weight excluding hydrogens is 845 g/mol. The molecule has 0 saturated carbocycles. The third-order valence-electron chi connectivity index (χ3n) is 12.9. The molecule has 0 spiro atoms. The maximum absolute atomic E-state index is 5.28. The van der Waals surface area contributed by atoms with Crippen molar-refractivity contribution in [2.45, 2.75) is 12.8 Å². The zero-order valence-electron chi connectivity index (χ0n) is 37.3. The lowest BCUT2D eigenvalue weighted by molar-refractivity contribution is 1.02. The highest BCUT2D eigenvalue weighted by atomic mass is 32.1. The lowest BCUT2D eigenvalue weighted by atomic mass is 9.93. The molecule has 11 aromatic rings. The van der Waals surface area contributed by atoms with Crippen LogP contribution >= 0.6 is 11.3 Å². The Morgan fingerprint density at radius 2 is 1.12 bits per heavy atom. The smallest absolute Gasteiger partial charge is 0.164 e. The van der Waals surface area contributed by atoms with Gasteiger partial charge in [-0.05, 0) is 70.5 Å². The van der Waals surface area contributed by atoms with Crippen LogP contribution in [-0.2, 0) is 0 Å². The summed E-state index contributed by atoms with van der Waals surface area (Å²) in [5.74, 6) is 1.83. The van der Waals surface area contributed by atoms with Crippen molar-refractivity contribution in [1.29, 1.82) is 0 Å². The summed E-state index contributed by atoms with van der Waals surface area (Å²) in [7, 11) is 0. The quantitative estimate of drug-likeness (QED) is 0.129. The van der Waals surface area contributed by atoms with Crippen LogP contribution in [-0.4, -0.2) is 19.5 Å². The summed E-state index contributed by atoms with van der Waals surface area (Å²) in [6.07, 6.45) is 17.4. The van der Waals surface area contributed by atoms with Crippen molar-refractivity contribution < 1.29 is 0 Å². The van der Waals surface area contributed by atoms with Gasteiger partial charge in [0, 0.05) is 48.5 Å². The Hall–Kier alpha value is -8.51. The zero-order valence-corrected chi connectivity index (χ0v) is 38.1. The second-order valence-electron chi connectivity index (χ2n) is 17.1. The van der Waals surface area contributed by atoms with E-state index in [4.69, 9.17) is 15.0 Å². The lowest BCUT2D eigenvalue weighted by Crippen LogP contribution is -2.04. The number of thiophene rings is 1. The molecule has 4 nitrogen and oxygen atoms in total. The fraction of sp³-hybridized carbons (Fsp3) is 0.0317. The van der Waals surface area contributed by atoms with Gasteiger partial charge in [-0.25, -0.2) is 15.0 Å². The number of hydrogen-bond donors (Lipinski definition) is 0. The van der Waals surface area contributed by atoms with Gasteiger partial charge >= 0.3 is 0 Å². The van der Waals surface area contributed by atoms with Gasteiger partial charge in [0.1, 0.15) is 0 Å². The number of fused-ring (bicyclic) bond motifs is 7. The molecule has 8 aromatic carbocycles. The molecule has 3 heterocycles. The van der Waals surface area contributed by atoms with E-state index in [1.54, 1.807) is 0 Å². The maximum Gasteiger partial charge on any atom is 0.164 e. The minimum atomic E-state index is 0.593. The molecule has 0 amide bonds. The molecule has 0 fully saturated rings. The summed E-state index contributed by atoms with van der Waals surface area (Å²) in [5.41, 5.74) is 13.8. The van der Waals surface area contributed by atoms with E-state index in [0.29, 0.717) is 17.5 Å². The number of aromatic nitrogens is 4. The van der Waals surface area contributed by atoms with Gasteiger partial charge < -0.3 is 4.57 Å². The summed E-state index contributed by atoms with van der Waals surface area (Å²) in [6, 6.07) is 66.7. The topological polar surface area (TPSA) is 43.6 Å². The normalized spacial score (nSPS) is 13.0. The van der Waals surface area contributed by atoms with Crippen molar-refractivity contribution in [3.8, 4) is 62.1 Å². The van der Waals surface area contributed by atoms with Gasteiger partial charge in [0.05, 0.1) is 21.4 Å². The van der Waals surface area contributed by atoms with E-state index in [-0.39, 0.29) is 0 Å². The summed E-state index contributed by atoms with van der Waals surface area (Å²) < 4.78 is 5.05. The number of benzene rings is 8. The Balaban J connectivity index is 1.19. The van der Waals surface area contributed by atoms with Crippen molar-refractivity contribution in [1.82, 2.24) is 19.5 Å². The number of hydrogen-bond acceptors (Lipinski definition) is 4. The minimum Gasteiger partial charge on any atom is -0.307 e. The Morgan fingerprint density at radius 1 is 0.529 bits per heavy atom. The largest absolute Gasteiger partial charge is 0.307 e. The average Bonchev–Trinajstić information content (AvgIpc) is 3.96. The van der Waals surface area contributed by atoms with Crippen LogP contribution in [0.3, 0.4) is 0 Å². The van der Waals surface area contributed by atoms with Crippen LogP contribution in [0.15, 0.2) is 242 Å². The van der Waals surface area contributed by atoms with E-state index in [1.165, 1.54) is 47.6 Å². The SMILES string of the molecule is C=C/C(=C\C=C\c1cc(-c2nc(-c3ccccc3)nc(-c3ccccc3)n2)cc(-c2ccc(-c3ccccc3)cc2)c1-n1c2ccccc2c2ccc3c4ccccc4sc3c21)C1=CCCC=C1. The first kappa shape index (κ1) is 41.0. The Kier molecular flexibility index (Phi) is 10.7. The van der Waals surface area contributed by atoms with Crippen LogP contribution in [0.1, 0.15) is 18.4 Å². The highest BCUT2D eigenvalue weighted by molar-refractivity contribution is 7.26. The lowest BCUT2D eigenvalue weighted by Gasteiger charge is -2.20. The molecule has 0 unspecified atom stereocenters. The third kappa shape index (κ3) is 7.49. The Morgan fingerprint density at radius 3 is 1.79 bits per heavy atom. The second-order valence-corrected chi connectivity index (χ2v) is 18.1. The van der Waals surface area contributed by atoms with Gasteiger partial charge in [0.25, 0.3) is 0 Å². The molecule has 0 atom stereocenters. The van der Waals surface area contributed by atoms with Crippen LogP contribution in [0.25, 0.3) is 110 Å². The van der Waals surface area contributed by atoms with Crippen LogP contribution in [0.4, 0.5) is 0 Å². The van der Waals surface area contributed by atoms with Gasteiger partial charge in [0.15, 0.2) is 17.5 Å². The number of nitrogens with zero attached hydrogens (tertiary/aromatic N) is 4. The van der Waals surface area contributed by atoms with Crippen molar-refractivity contribution in [2.24, 2.45) is 0 Å². The molecule has 322 valence electrons. The van der Waals surface area contributed by atoms with Gasteiger partial charge in [-0.15, -0.1) is 11.3 Å². The van der Waals surface area contributed by atoms with E-state index in [0.717, 1.165) is 68.6 Å². The van der Waals surface area contributed by atoms with Crippen molar-refractivity contribution in [2.75, 3.05) is 0 Å². The van der Waals surface area contributed by atoms with Crippen molar-refractivity contribution in [3.63, 3.8) is 0 Å².